The van der Waals surface area contributed by atoms with E-state index in [9.17, 15) is 9.90 Å². The van der Waals surface area contributed by atoms with Gasteiger partial charge in [-0.2, -0.15) is 0 Å². The van der Waals surface area contributed by atoms with E-state index >= 15 is 0 Å². The molecule has 3 rings (SSSR count). The first-order valence-corrected chi connectivity index (χ1v) is 6.36. The van der Waals surface area contributed by atoms with Crippen molar-refractivity contribution in [2.45, 2.75) is 50.3 Å². The van der Waals surface area contributed by atoms with Crippen LogP contribution in [0.5, 0.6) is 0 Å². The van der Waals surface area contributed by atoms with E-state index in [1.165, 1.54) is 6.42 Å². The molecule has 2 aliphatic heterocycles. The average molecular weight is 225 g/mol. The Morgan fingerprint density at radius 3 is 2.81 bits per heavy atom. The Balaban J connectivity index is 1.83. The molecule has 90 valence electrons. The lowest BCUT2D eigenvalue weighted by molar-refractivity contribution is -0.257. The highest BCUT2D eigenvalue weighted by Gasteiger charge is 2.58. The molecular formula is C12H19NO3. The Morgan fingerprint density at radius 1 is 1.38 bits per heavy atom. The second-order valence-corrected chi connectivity index (χ2v) is 5.21. The summed E-state index contributed by atoms with van der Waals surface area (Å²) in [5, 5.41) is 9.19. The molecule has 1 amide bonds. The largest absolute Gasteiger partial charge is 0.395 e. The van der Waals surface area contributed by atoms with Crippen LogP contribution >= 0.6 is 0 Å². The first-order valence-electron chi connectivity index (χ1n) is 6.36. The number of amides is 1. The van der Waals surface area contributed by atoms with Gasteiger partial charge >= 0.3 is 0 Å². The van der Waals surface area contributed by atoms with Crippen molar-refractivity contribution in [3.63, 3.8) is 0 Å². The van der Waals surface area contributed by atoms with Gasteiger partial charge in [0.05, 0.1) is 25.2 Å². The highest BCUT2D eigenvalue weighted by Crippen LogP contribution is 2.46. The topological polar surface area (TPSA) is 49.8 Å². The number of hydrogen-bond acceptors (Lipinski definition) is 3. The van der Waals surface area contributed by atoms with Crippen LogP contribution in [0.15, 0.2) is 0 Å². The van der Waals surface area contributed by atoms with E-state index in [-0.39, 0.29) is 30.2 Å². The van der Waals surface area contributed by atoms with Crippen LogP contribution in [-0.4, -0.2) is 40.9 Å². The number of aliphatic hydroxyl groups excluding tert-OH is 1. The quantitative estimate of drug-likeness (QED) is 0.674. The molecule has 0 aromatic heterocycles. The third-order valence-electron chi connectivity index (χ3n) is 4.41. The summed E-state index contributed by atoms with van der Waals surface area (Å²) in [6, 6.07) is 0.240. The number of aliphatic hydroxyl groups is 1. The second-order valence-electron chi connectivity index (χ2n) is 5.21. The number of fused-ring (bicyclic) bond motifs is 2. The molecule has 1 spiro atoms. The molecule has 1 N–H and O–H groups in total. The van der Waals surface area contributed by atoms with Gasteiger partial charge in [0.1, 0.15) is 5.72 Å². The zero-order valence-corrected chi connectivity index (χ0v) is 9.52. The lowest BCUT2D eigenvalue weighted by Crippen LogP contribution is -2.74. The van der Waals surface area contributed by atoms with Gasteiger partial charge in [-0.1, -0.05) is 6.42 Å². The van der Waals surface area contributed by atoms with E-state index in [1.54, 1.807) is 0 Å². The molecule has 0 aromatic rings. The SMILES string of the molecule is O=C1[C@H](CO)[C@H]2CCOC3(CCCCC3)N12. The summed E-state index contributed by atoms with van der Waals surface area (Å²) in [5.74, 6) is -0.0446. The molecule has 0 aromatic carbocycles. The van der Waals surface area contributed by atoms with Crippen LogP contribution < -0.4 is 0 Å². The summed E-state index contributed by atoms with van der Waals surface area (Å²) in [4.78, 5) is 13.9. The molecule has 2 heterocycles. The zero-order valence-electron chi connectivity index (χ0n) is 9.52. The number of carbonyl (C=O) groups excluding carboxylic acids is 1. The molecule has 0 radical (unpaired) electrons. The van der Waals surface area contributed by atoms with Gasteiger partial charge in [0.2, 0.25) is 5.91 Å². The van der Waals surface area contributed by atoms with Gasteiger partial charge in [0.25, 0.3) is 0 Å². The fourth-order valence-electron chi connectivity index (χ4n) is 3.57. The van der Waals surface area contributed by atoms with Gasteiger partial charge in [-0.25, -0.2) is 0 Å². The van der Waals surface area contributed by atoms with Crippen molar-refractivity contribution >= 4 is 5.91 Å². The number of rotatable bonds is 1. The fraction of sp³-hybridized carbons (Fsp3) is 0.917. The summed E-state index contributed by atoms with van der Waals surface area (Å²) in [6.07, 6.45) is 6.40. The lowest BCUT2D eigenvalue weighted by Gasteiger charge is -2.60. The number of β-lactam (4-membered cyclic amide) rings is 1. The van der Waals surface area contributed by atoms with Crippen molar-refractivity contribution in [2.24, 2.45) is 5.92 Å². The van der Waals surface area contributed by atoms with Crippen LogP contribution in [0, 0.1) is 5.92 Å². The molecule has 2 saturated heterocycles. The molecule has 1 saturated carbocycles. The van der Waals surface area contributed by atoms with Crippen molar-refractivity contribution in [3.8, 4) is 0 Å². The first-order chi connectivity index (χ1) is 7.78. The monoisotopic (exact) mass is 225 g/mol. The van der Waals surface area contributed by atoms with Gasteiger partial charge in [0, 0.05) is 0 Å². The minimum Gasteiger partial charge on any atom is -0.395 e. The van der Waals surface area contributed by atoms with Gasteiger partial charge < -0.3 is 14.7 Å². The Kier molecular flexibility index (Phi) is 2.44. The van der Waals surface area contributed by atoms with Crippen molar-refractivity contribution in [1.29, 1.82) is 0 Å². The molecule has 1 aliphatic carbocycles. The molecule has 0 bridgehead atoms. The molecule has 4 nitrogen and oxygen atoms in total. The van der Waals surface area contributed by atoms with Crippen molar-refractivity contribution in [3.05, 3.63) is 0 Å². The van der Waals surface area contributed by atoms with Gasteiger partial charge in [0.15, 0.2) is 0 Å². The standard InChI is InChI=1S/C12H19NO3/c14-8-9-10-4-7-16-12(13(10)11(9)15)5-2-1-3-6-12/h9-10,14H,1-8H2/t9-,10-/m1/s1. The Morgan fingerprint density at radius 2 is 2.12 bits per heavy atom. The summed E-state index contributed by atoms with van der Waals surface area (Å²) >= 11 is 0. The Hall–Kier alpha value is -0.610. The van der Waals surface area contributed by atoms with Crippen LogP contribution in [0.3, 0.4) is 0 Å². The second kappa shape index (κ2) is 3.70. The maximum atomic E-state index is 12.0. The molecule has 16 heavy (non-hydrogen) atoms. The van der Waals surface area contributed by atoms with Crippen molar-refractivity contribution in [2.75, 3.05) is 13.2 Å². The predicted molar refractivity (Wildman–Crippen MR) is 57.6 cm³/mol. The van der Waals surface area contributed by atoms with Gasteiger partial charge in [-0.05, 0) is 32.1 Å². The fourth-order valence-corrected chi connectivity index (χ4v) is 3.57. The molecule has 4 heteroatoms. The summed E-state index contributed by atoms with van der Waals surface area (Å²) in [7, 11) is 0. The number of ether oxygens (including phenoxy) is 1. The molecule has 0 unspecified atom stereocenters. The van der Waals surface area contributed by atoms with E-state index in [1.807, 2.05) is 4.90 Å². The van der Waals surface area contributed by atoms with Crippen molar-refractivity contribution < 1.29 is 14.6 Å². The minimum atomic E-state index is -0.302. The van der Waals surface area contributed by atoms with E-state index in [2.05, 4.69) is 0 Å². The van der Waals surface area contributed by atoms with Crippen LogP contribution in [0.25, 0.3) is 0 Å². The molecular weight excluding hydrogens is 206 g/mol. The number of nitrogens with zero attached hydrogens (tertiary/aromatic N) is 1. The average Bonchev–Trinajstić information content (AvgIpc) is 2.30. The summed E-state index contributed by atoms with van der Waals surface area (Å²) < 4.78 is 5.93. The van der Waals surface area contributed by atoms with E-state index < -0.39 is 0 Å². The highest BCUT2D eigenvalue weighted by atomic mass is 16.5. The maximum Gasteiger partial charge on any atom is 0.232 e. The van der Waals surface area contributed by atoms with Crippen LogP contribution in [0.4, 0.5) is 0 Å². The lowest BCUT2D eigenvalue weighted by atomic mass is 9.77. The Bertz CT molecular complexity index is 293. The van der Waals surface area contributed by atoms with E-state index in [4.69, 9.17) is 4.74 Å². The normalized spacial score (nSPS) is 37.1. The highest BCUT2D eigenvalue weighted by molar-refractivity contribution is 5.87. The smallest absolute Gasteiger partial charge is 0.232 e. The number of hydrogen-bond donors (Lipinski definition) is 1. The van der Waals surface area contributed by atoms with Crippen LogP contribution in [0.2, 0.25) is 0 Å². The maximum absolute atomic E-state index is 12.0. The van der Waals surface area contributed by atoms with Gasteiger partial charge in [-0.15, -0.1) is 0 Å². The summed E-state index contributed by atoms with van der Waals surface area (Å²) in [5.41, 5.74) is -0.302. The van der Waals surface area contributed by atoms with E-state index in [0.717, 1.165) is 38.7 Å². The molecule has 2 atom stereocenters. The third kappa shape index (κ3) is 1.26. The third-order valence-corrected chi connectivity index (χ3v) is 4.41. The minimum absolute atomic E-state index is 0.00389. The number of carbonyl (C=O) groups is 1. The van der Waals surface area contributed by atoms with Crippen LogP contribution in [-0.2, 0) is 9.53 Å². The molecule has 3 aliphatic rings. The van der Waals surface area contributed by atoms with Crippen molar-refractivity contribution in [1.82, 2.24) is 4.90 Å². The molecule has 3 fully saturated rings. The van der Waals surface area contributed by atoms with E-state index in [0.29, 0.717) is 0 Å². The van der Waals surface area contributed by atoms with Crippen LogP contribution in [0.1, 0.15) is 38.5 Å². The zero-order chi connectivity index (χ0) is 11.2. The first kappa shape index (κ1) is 10.5. The van der Waals surface area contributed by atoms with Gasteiger partial charge in [-0.3, -0.25) is 4.79 Å². The predicted octanol–water partition coefficient (Wildman–Crippen LogP) is 0.886. The Labute approximate surface area is 95.6 Å². The summed E-state index contributed by atoms with van der Waals surface area (Å²) in [6.45, 7) is 0.737.